The van der Waals surface area contributed by atoms with E-state index in [4.69, 9.17) is 4.74 Å². The van der Waals surface area contributed by atoms with E-state index in [-0.39, 0.29) is 18.4 Å². The molecule has 3 nitrogen and oxygen atoms in total. The summed E-state index contributed by atoms with van der Waals surface area (Å²) >= 11 is 0. The van der Waals surface area contributed by atoms with Crippen molar-refractivity contribution in [3.8, 4) is 0 Å². The molecule has 0 aliphatic carbocycles. The zero-order valence-electron chi connectivity index (χ0n) is 6.63. The number of esters is 1. The van der Waals surface area contributed by atoms with Crippen molar-refractivity contribution >= 4 is 18.4 Å². The third-order valence-corrected chi connectivity index (χ3v) is 1.65. The first-order valence-corrected chi connectivity index (χ1v) is 3.66. The molecule has 1 atom stereocenters. The molecule has 0 aromatic rings. The van der Waals surface area contributed by atoms with Gasteiger partial charge in [0, 0.05) is 13.0 Å². The van der Waals surface area contributed by atoms with Crippen molar-refractivity contribution in [3.05, 3.63) is 0 Å². The summed E-state index contributed by atoms with van der Waals surface area (Å²) in [6, 6.07) is 0.406. The first-order chi connectivity index (χ1) is 4.79. The van der Waals surface area contributed by atoms with Gasteiger partial charge in [0.1, 0.15) is 6.61 Å². The molecule has 1 saturated heterocycles. The van der Waals surface area contributed by atoms with Gasteiger partial charge in [-0.25, -0.2) is 0 Å². The number of hydrogen-bond acceptors (Lipinski definition) is 3. The lowest BCUT2D eigenvalue weighted by molar-refractivity contribution is -0.141. The van der Waals surface area contributed by atoms with Crippen LogP contribution in [0.2, 0.25) is 0 Å². The second-order valence-electron chi connectivity index (χ2n) is 2.60. The van der Waals surface area contributed by atoms with Crippen LogP contribution in [-0.4, -0.2) is 25.2 Å². The highest BCUT2D eigenvalue weighted by Gasteiger charge is 2.14. The van der Waals surface area contributed by atoms with Gasteiger partial charge in [0.2, 0.25) is 0 Å². The Kier molecular flexibility index (Phi) is 5.24. The van der Waals surface area contributed by atoms with Crippen LogP contribution in [-0.2, 0) is 9.53 Å². The van der Waals surface area contributed by atoms with Crippen molar-refractivity contribution in [3.63, 3.8) is 0 Å². The summed E-state index contributed by atoms with van der Waals surface area (Å²) in [5.41, 5.74) is 0. The van der Waals surface area contributed by atoms with E-state index in [0.29, 0.717) is 12.6 Å². The maximum absolute atomic E-state index is 10.4. The second-order valence-corrected chi connectivity index (χ2v) is 2.60. The number of hydrogen-bond donors (Lipinski definition) is 1. The van der Waals surface area contributed by atoms with Crippen LogP contribution in [0.5, 0.6) is 0 Å². The fourth-order valence-corrected chi connectivity index (χ4v) is 1.12. The van der Waals surface area contributed by atoms with Gasteiger partial charge in [0.15, 0.2) is 0 Å². The molecule has 0 saturated carbocycles. The minimum Gasteiger partial charge on any atom is -0.464 e. The molecule has 0 amide bonds. The highest BCUT2D eigenvalue weighted by Crippen LogP contribution is 2.04. The van der Waals surface area contributed by atoms with Crippen LogP contribution < -0.4 is 5.32 Å². The number of carbonyl (C=O) groups is 1. The van der Waals surface area contributed by atoms with Crippen LogP contribution >= 0.6 is 12.4 Å². The molecule has 1 rings (SSSR count). The van der Waals surface area contributed by atoms with Gasteiger partial charge in [0.05, 0.1) is 0 Å². The Bertz CT molecular complexity index is 124. The molecule has 1 aliphatic heterocycles. The highest BCUT2D eigenvalue weighted by atomic mass is 35.5. The van der Waals surface area contributed by atoms with Crippen LogP contribution in [0, 0.1) is 0 Å². The predicted molar refractivity (Wildman–Crippen MR) is 44.9 cm³/mol. The van der Waals surface area contributed by atoms with Gasteiger partial charge in [0.25, 0.3) is 0 Å². The Hall–Kier alpha value is -0.280. The monoisotopic (exact) mass is 179 g/mol. The number of nitrogens with one attached hydrogen (secondary N) is 1. The molecule has 11 heavy (non-hydrogen) atoms. The Balaban J connectivity index is 0.000001000. The first-order valence-electron chi connectivity index (χ1n) is 3.66. The van der Waals surface area contributed by atoms with Crippen LogP contribution in [0.15, 0.2) is 0 Å². The molecule has 0 bridgehead atoms. The Morgan fingerprint density at radius 2 is 2.45 bits per heavy atom. The van der Waals surface area contributed by atoms with Gasteiger partial charge in [-0.05, 0) is 19.4 Å². The fraction of sp³-hybridized carbons (Fsp3) is 0.857. The van der Waals surface area contributed by atoms with Crippen molar-refractivity contribution in [1.29, 1.82) is 0 Å². The standard InChI is InChI=1S/C7H13NO2.ClH/c1-6(9)10-5-7-3-2-4-8-7;/h7-8H,2-5H2,1H3;1H/t7-;/m0./s1. The average molecular weight is 180 g/mol. The first kappa shape index (κ1) is 10.7. The third kappa shape index (κ3) is 4.22. The minimum absolute atomic E-state index is 0. The molecular formula is C7H14ClNO2. The molecular weight excluding hydrogens is 166 g/mol. The van der Waals surface area contributed by atoms with Crippen LogP contribution in [0.4, 0.5) is 0 Å². The molecule has 66 valence electrons. The molecule has 1 N–H and O–H groups in total. The largest absolute Gasteiger partial charge is 0.464 e. The normalized spacial score (nSPS) is 22.5. The zero-order valence-corrected chi connectivity index (χ0v) is 7.45. The van der Waals surface area contributed by atoms with E-state index in [1.807, 2.05) is 0 Å². The van der Waals surface area contributed by atoms with E-state index in [1.165, 1.54) is 13.3 Å². The van der Waals surface area contributed by atoms with E-state index < -0.39 is 0 Å². The maximum Gasteiger partial charge on any atom is 0.302 e. The predicted octanol–water partition coefficient (Wildman–Crippen LogP) is 0.723. The van der Waals surface area contributed by atoms with Crippen LogP contribution in [0.25, 0.3) is 0 Å². The molecule has 1 fully saturated rings. The summed E-state index contributed by atoms with van der Waals surface area (Å²) < 4.78 is 4.82. The Morgan fingerprint density at radius 1 is 1.73 bits per heavy atom. The van der Waals surface area contributed by atoms with Crippen LogP contribution in [0.3, 0.4) is 0 Å². The molecule has 1 heterocycles. The molecule has 0 unspecified atom stereocenters. The molecule has 0 aromatic carbocycles. The number of carbonyl (C=O) groups excluding carboxylic acids is 1. The molecule has 4 heteroatoms. The fourth-order valence-electron chi connectivity index (χ4n) is 1.12. The number of rotatable bonds is 2. The maximum atomic E-state index is 10.4. The van der Waals surface area contributed by atoms with Crippen molar-refractivity contribution in [2.24, 2.45) is 0 Å². The summed E-state index contributed by atoms with van der Waals surface area (Å²) in [5, 5.41) is 3.23. The Labute approximate surface area is 72.9 Å². The SMILES string of the molecule is CC(=O)OC[C@@H]1CCCN1.Cl. The molecule has 0 aromatic heterocycles. The summed E-state index contributed by atoms with van der Waals surface area (Å²) in [6.45, 7) is 3.04. The van der Waals surface area contributed by atoms with E-state index in [9.17, 15) is 4.79 Å². The topological polar surface area (TPSA) is 38.3 Å². The van der Waals surface area contributed by atoms with E-state index >= 15 is 0 Å². The lowest BCUT2D eigenvalue weighted by atomic mass is 10.2. The third-order valence-electron chi connectivity index (χ3n) is 1.65. The number of halogens is 1. The quantitative estimate of drug-likeness (QED) is 0.635. The molecule has 0 spiro atoms. The lowest BCUT2D eigenvalue weighted by Gasteiger charge is -2.08. The van der Waals surface area contributed by atoms with Crippen molar-refractivity contribution in [2.45, 2.75) is 25.8 Å². The van der Waals surface area contributed by atoms with Gasteiger partial charge in [-0.1, -0.05) is 0 Å². The van der Waals surface area contributed by atoms with Crippen molar-refractivity contribution < 1.29 is 9.53 Å². The summed E-state index contributed by atoms with van der Waals surface area (Å²) in [7, 11) is 0. The zero-order chi connectivity index (χ0) is 7.40. The van der Waals surface area contributed by atoms with Crippen LogP contribution in [0.1, 0.15) is 19.8 Å². The second kappa shape index (κ2) is 5.38. The molecule has 1 aliphatic rings. The van der Waals surface area contributed by atoms with Crippen molar-refractivity contribution in [2.75, 3.05) is 13.2 Å². The summed E-state index contributed by atoms with van der Waals surface area (Å²) in [6.07, 6.45) is 2.33. The summed E-state index contributed by atoms with van der Waals surface area (Å²) in [5.74, 6) is -0.186. The van der Waals surface area contributed by atoms with Gasteiger partial charge < -0.3 is 10.1 Å². The van der Waals surface area contributed by atoms with Gasteiger partial charge >= 0.3 is 5.97 Å². The van der Waals surface area contributed by atoms with Gasteiger partial charge in [-0.3, -0.25) is 4.79 Å². The van der Waals surface area contributed by atoms with Gasteiger partial charge in [-0.15, -0.1) is 12.4 Å². The minimum atomic E-state index is -0.186. The lowest BCUT2D eigenvalue weighted by Crippen LogP contribution is -2.27. The van der Waals surface area contributed by atoms with E-state index in [1.54, 1.807) is 0 Å². The highest BCUT2D eigenvalue weighted by molar-refractivity contribution is 5.85. The smallest absolute Gasteiger partial charge is 0.302 e. The summed E-state index contributed by atoms with van der Waals surface area (Å²) in [4.78, 5) is 10.4. The van der Waals surface area contributed by atoms with E-state index in [2.05, 4.69) is 5.32 Å². The van der Waals surface area contributed by atoms with E-state index in [0.717, 1.165) is 13.0 Å². The van der Waals surface area contributed by atoms with Crippen molar-refractivity contribution in [1.82, 2.24) is 5.32 Å². The van der Waals surface area contributed by atoms with Gasteiger partial charge in [-0.2, -0.15) is 0 Å². The molecule has 0 radical (unpaired) electrons. The average Bonchev–Trinajstić information content (AvgIpc) is 2.34. The number of ether oxygens (including phenoxy) is 1. The Morgan fingerprint density at radius 3 is 2.91 bits per heavy atom.